The Hall–Kier alpha value is -1.59. The van der Waals surface area contributed by atoms with E-state index in [1.54, 1.807) is 11.8 Å². The van der Waals surface area contributed by atoms with Crippen LogP contribution in [0.15, 0.2) is 10.9 Å². The normalized spacial score (nSPS) is 25.0. The highest BCUT2D eigenvalue weighted by Gasteiger charge is 2.44. The van der Waals surface area contributed by atoms with Gasteiger partial charge >= 0.3 is 0 Å². The molecular weight excluding hydrogens is 379 g/mol. The predicted molar refractivity (Wildman–Crippen MR) is 102 cm³/mol. The van der Waals surface area contributed by atoms with Gasteiger partial charge in [-0.25, -0.2) is 0 Å². The Bertz CT molecular complexity index is 757. The number of pyridine rings is 1. The largest absolute Gasteiger partial charge is 0.392 e. The van der Waals surface area contributed by atoms with Crippen molar-refractivity contribution in [2.75, 3.05) is 26.2 Å². The molecule has 2 fully saturated rings. The Labute approximate surface area is 164 Å². The highest BCUT2D eigenvalue weighted by atomic mass is 35.5. The van der Waals surface area contributed by atoms with Gasteiger partial charge in [0.2, 0.25) is 0 Å². The Morgan fingerprint density at radius 2 is 2.19 bits per heavy atom. The van der Waals surface area contributed by atoms with Crippen LogP contribution in [0.1, 0.15) is 40.9 Å². The number of aromatic nitrogens is 1. The number of aromatic amines is 1. The zero-order valence-corrected chi connectivity index (χ0v) is 16.2. The fourth-order valence-corrected chi connectivity index (χ4v) is 3.85. The summed E-state index contributed by atoms with van der Waals surface area (Å²) >= 11 is 0. The van der Waals surface area contributed by atoms with E-state index in [4.69, 9.17) is 5.26 Å². The maximum atomic E-state index is 12.9. The molecule has 1 aromatic heterocycles. The summed E-state index contributed by atoms with van der Waals surface area (Å²) in [6.07, 6.45) is 2.00. The number of piperidine rings is 2. The first-order valence-electron chi connectivity index (χ1n) is 8.29. The Kier molecular flexibility index (Phi) is 7.66. The number of aliphatic hydroxyl groups excluding tert-OH is 1. The van der Waals surface area contributed by atoms with Gasteiger partial charge in [0.15, 0.2) is 0 Å². The molecule has 0 bridgehead atoms. The second-order valence-electron chi connectivity index (χ2n) is 6.84. The highest BCUT2D eigenvalue weighted by molar-refractivity contribution is 5.95. The number of carbonyl (C=O) groups is 1. The van der Waals surface area contributed by atoms with Crippen LogP contribution in [0.3, 0.4) is 0 Å². The minimum Gasteiger partial charge on any atom is -0.392 e. The molecular formula is C17H24Cl2N4O3. The minimum absolute atomic E-state index is 0. The molecule has 2 saturated heterocycles. The van der Waals surface area contributed by atoms with Crippen LogP contribution in [0.4, 0.5) is 0 Å². The third-order valence-electron chi connectivity index (χ3n) is 5.26. The summed E-state index contributed by atoms with van der Waals surface area (Å²) in [5, 5.41) is 22.8. The average Bonchev–Trinajstić information content (AvgIpc) is 2.57. The van der Waals surface area contributed by atoms with Crippen LogP contribution in [0.5, 0.6) is 0 Å². The number of hydrogen-bond acceptors (Lipinski definition) is 5. The van der Waals surface area contributed by atoms with E-state index < -0.39 is 11.7 Å². The molecule has 3 rings (SSSR count). The summed E-state index contributed by atoms with van der Waals surface area (Å²) < 4.78 is 0. The number of halogens is 2. The molecule has 2 atom stereocenters. The van der Waals surface area contributed by atoms with E-state index in [-0.39, 0.29) is 41.7 Å². The van der Waals surface area contributed by atoms with Gasteiger partial charge in [0.25, 0.3) is 11.5 Å². The summed E-state index contributed by atoms with van der Waals surface area (Å²) in [6.45, 7) is 4.26. The number of nitrogens with one attached hydrogen (secondary N) is 2. The number of nitrogens with zero attached hydrogens (tertiary/aromatic N) is 2. The molecule has 1 aromatic rings. The van der Waals surface area contributed by atoms with Crippen LogP contribution in [0, 0.1) is 23.7 Å². The van der Waals surface area contributed by atoms with E-state index >= 15 is 0 Å². The van der Waals surface area contributed by atoms with Crippen LogP contribution < -0.4 is 10.9 Å². The molecule has 0 aliphatic carbocycles. The molecule has 2 aliphatic rings. The standard InChI is InChI=1S/C17H22N4O3.2ClH/c1-11-13(7-12(8-18)15(23)20-11)16(24)21-6-2-4-17(10-21)9-19-5-3-14(17)22;;/h7,14,19,22H,2-6,9-10H2,1H3,(H,20,23);2*1H/t14-,17-;;/m0../s1. The number of aryl methyl sites for hydroxylation is 1. The van der Waals surface area contributed by atoms with Crippen LogP contribution in [-0.4, -0.2) is 53.2 Å². The Morgan fingerprint density at radius 1 is 1.46 bits per heavy atom. The topological polar surface area (TPSA) is 109 Å². The summed E-state index contributed by atoms with van der Waals surface area (Å²) in [7, 11) is 0. The van der Waals surface area contributed by atoms with Crippen LogP contribution in [-0.2, 0) is 0 Å². The second-order valence-corrected chi connectivity index (χ2v) is 6.84. The predicted octanol–water partition coefficient (Wildman–Crippen LogP) is 0.975. The lowest BCUT2D eigenvalue weighted by Gasteiger charge is -2.48. The fourth-order valence-electron chi connectivity index (χ4n) is 3.85. The summed E-state index contributed by atoms with van der Waals surface area (Å²) in [5.41, 5.74) is -0.0312. The smallest absolute Gasteiger partial charge is 0.266 e. The summed E-state index contributed by atoms with van der Waals surface area (Å²) in [5.74, 6) is -0.197. The van der Waals surface area contributed by atoms with Crippen molar-refractivity contribution < 1.29 is 9.90 Å². The number of carbonyl (C=O) groups excluding carboxylic acids is 1. The number of nitriles is 1. The van der Waals surface area contributed by atoms with E-state index in [9.17, 15) is 14.7 Å². The zero-order valence-electron chi connectivity index (χ0n) is 14.6. The second kappa shape index (κ2) is 8.87. The maximum Gasteiger partial charge on any atom is 0.266 e. The molecule has 0 unspecified atom stereocenters. The van der Waals surface area contributed by atoms with Gasteiger partial charge in [-0.3, -0.25) is 9.59 Å². The number of rotatable bonds is 1. The van der Waals surface area contributed by atoms with E-state index in [1.807, 2.05) is 6.07 Å². The molecule has 2 aliphatic heterocycles. The van der Waals surface area contributed by atoms with Crippen LogP contribution in [0.25, 0.3) is 0 Å². The van der Waals surface area contributed by atoms with Gasteiger partial charge in [0.1, 0.15) is 11.6 Å². The number of hydrogen-bond donors (Lipinski definition) is 3. The number of aliphatic hydroxyl groups is 1. The third kappa shape index (κ3) is 4.04. The van der Waals surface area contributed by atoms with Crippen molar-refractivity contribution in [2.45, 2.75) is 32.3 Å². The van der Waals surface area contributed by atoms with Crippen molar-refractivity contribution in [1.82, 2.24) is 15.2 Å². The molecule has 7 nitrogen and oxygen atoms in total. The van der Waals surface area contributed by atoms with Gasteiger partial charge in [-0.05, 0) is 38.8 Å². The minimum atomic E-state index is -0.478. The number of H-pyrrole nitrogens is 1. The highest BCUT2D eigenvalue weighted by Crippen LogP contribution is 2.36. The monoisotopic (exact) mass is 402 g/mol. The Morgan fingerprint density at radius 3 is 2.85 bits per heavy atom. The molecule has 3 N–H and O–H groups in total. The fraction of sp³-hybridized carbons (Fsp3) is 0.588. The van der Waals surface area contributed by atoms with Crippen molar-refractivity contribution in [3.8, 4) is 6.07 Å². The van der Waals surface area contributed by atoms with Gasteiger partial charge in [-0.15, -0.1) is 24.8 Å². The molecule has 0 saturated carbocycles. The van der Waals surface area contributed by atoms with Crippen molar-refractivity contribution >= 4 is 30.7 Å². The maximum absolute atomic E-state index is 12.9. The lowest BCUT2D eigenvalue weighted by molar-refractivity contribution is -0.0433. The number of amides is 1. The van der Waals surface area contributed by atoms with E-state index in [1.165, 1.54) is 6.07 Å². The van der Waals surface area contributed by atoms with Crippen molar-refractivity contribution in [3.05, 3.63) is 33.2 Å². The van der Waals surface area contributed by atoms with Gasteiger partial charge in [-0.2, -0.15) is 5.26 Å². The molecule has 3 heterocycles. The molecule has 144 valence electrons. The lowest BCUT2D eigenvalue weighted by Crippen LogP contribution is -2.59. The van der Waals surface area contributed by atoms with Crippen LogP contribution in [0.2, 0.25) is 0 Å². The molecule has 1 amide bonds. The molecule has 0 aromatic carbocycles. The van der Waals surface area contributed by atoms with E-state index in [0.717, 1.165) is 19.4 Å². The average molecular weight is 403 g/mol. The Balaban J connectivity index is 0.00000169. The summed E-state index contributed by atoms with van der Waals surface area (Å²) in [6, 6.07) is 3.19. The van der Waals surface area contributed by atoms with Crippen LogP contribution >= 0.6 is 24.8 Å². The lowest BCUT2D eigenvalue weighted by atomic mass is 9.72. The first-order chi connectivity index (χ1) is 11.5. The van der Waals surface area contributed by atoms with Gasteiger partial charge < -0.3 is 20.3 Å². The molecule has 9 heteroatoms. The molecule has 1 spiro atoms. The van der Waals surface area contributed by atoms with E-state index in [0.29, 0.717) is 37.3 Å². The SMILES string of the molecule is Cc1[nH]c(=O)c(C#N)cc1C(=O)N1CCC[C@]2(CNCC[C@@H]2O)C1.Cl.Cl. The van der Waals surface area contributed by atoms with Crippen molar-refractivity contribution in [2.24, 2.45) is 5.41 Å². The first-order valence-corrected chi connectivity index (χ1v) is 8.29. The molecule has 26 heavy (non-hydrogen) atoms. The quantitative estimate of drug-likeness (QED) is 0.648. The first kappa shape index (κ1) is 22.5. The zero-order chi connectivity index (χ0) is 17.3. The van der Waals surface area contributed by atoms with Crippen molar-refractivity contribution in [3.63, 3.8) is 0 Å². The summed E-state index contributed by atoms with van der Waals surface area (Å²) in [4.78, 5) is 28.9. The van der Waals surface area contributed by atoms with E-state index in [2.05, 4.69) is 10.3 Å². The van der Waals surface area contributed by atoms with Crippen molar-refractivity contribution in [1.29, 1.82) is 5.26 Å². The number of likely N-dealkylation sites (tertiary alicyclic amines) is 1. The van der Waals surface area contributed by atoms with Gasteiger partial charge in [0.05, 0.1) is 11.7 Å². The molecule has 0 radical (unpaired) electrons. The van der Waals surface area contributed by atoms with Gasteiger partial charge in [0, 0.05) is 30.7 Å². The van der Waals surface area contributed by atoms with Gasteiger partial charge in [-0.1, -0.05) is 0 Å². The third-order valence-corrected chi connectivity index (χ3v) is 5.26.